The minimum atomic E-state index is -4.30. The number of fused-ring (bicyclic) bond motifs is 1. The van der Waals surface area contributed by atoms with Gasteiger partial charge in [0.15, 0.2) is 0 Å². The molecule has 1 aromatic heterocycles. The van der Waals surface area contributed by atoms with E-state index in [1.807, 2.05) is 13.2 Å². The molecular weight excluding hydrogens is 265 g/mol. The van der Waals surface area contributed by atoms with Crippen molar-refractivity contribution in [2.24, 2.45) is 0 Å². The van der Waals surface area contributed by atoms with Crippen molar-refractivity contribution in [3.05, 3.63) is 41.6 Å². The predicted molar refractivity (Wildman–Crippen MR) is 73.4 cm³/mol. The number of H-pyrrole nitrogens is 1. The molecule has 0 radical (unpaired) electrons. The van der Waals surface area contributed by atoms with Gasteiger partial charge in [0.1, 0.15) is 0 Å². The lowest BCUT2D eigenvalue weighted by Crippen LogP contribution is -2.23. The summed E-state index contributed by atoms with van der Waals surface area (Å²) in [7, 11) is 2.03. The van der Waals surface area contributed by atoms with Gasteiger partial charge in [0.25, 0.3) is 0 Å². The summed E-state index contributed by atoms with van der Waals surface area (Å²) < 4.78 is 38.4. The van der Waals surface area contributed by atoms with E-state index < -0.39 is 11.7 Å². The van der Waals surface area contributed by atoms with Gasteiger partial charge < -0.3 is 9.88 Å². The number of aromatic amines is 1. The molecule has 0 spiro atoms. The molecular formula is C15H15F3N2. The molecule has 0 aliphatic carbocycles. The van der Waals surface area contributed by atoms with Gasteiger partial charge in [-0.3, -0.25) is 0 Å². The summed E-state index contributed by atoms with van der Waals surface area (Å²) in [5.74, 6) is 0. The van der Waals surface area contributed by atoms with Crippen LogP contribution in [-0.4, -0.2) is 30.0 Å². The lowest BCUT2D eigenvalue weighted by molar-refractivity contribution is -0.137. The molecule has 1 N–H and O–H groups in total. The molecule has 0 saturated carbocycles. The van der Waals surface area contributed by atoms with Gasteiger partial charge in [-0.05, 0) is 37.2 Å². The van der Waals surface area contributed by atoms with Crippen molar-refractivity contribution in [2.45, 2.75) is 12.6 Å². The van der Waals surface area contributed by atoms with Crippen molar-refractivity contribution in [3.63, 3.8) is 0 Å². The number of alkyl halides is 3. The van der Waals surface area contributed by atoms with Crippen LogP contribution in [0.2, 0.25) is 0 Å². The summed E-state index contributed by atoms with van der Waals surface area (Å²) in [4.78, 5) is 5.23. The Balaban J connectivity index is 2.08. The molecule has 0 bridgehead atoms. The molecule has 106 valence electrons. The van der Waals surface area contributed by atoms with Crippen LogP contribution in [0.15, 0.2) is 30.5 Å². The maximum atomic E-state index is 12.8. The Kier molecular flexibility index (Phi) is 3.09. The summed E-state index contributed by atoms with van der Waals surface area (Å²) >= 11 is 0. The van der Waals surface area contributed by atoms with Crippen molar-refractivity contribution < 1.29 is 13.2 Å². The first-order valence-corrected chi connectivity index (χ1v) is 6.51. The fourth-order valence-corrected chi connectivity index (χ4v) is 2.58. The van der Waals surface area contributed by atoms with Gasteiger partial charge in [-0.15, -0.1) is 0 Å². The van der Waals surface area contributed by atoms with Crippen molar-refractivity contribution in [2.75, 3.05) is 20.1 Å². The van der Waals surface area contributed by atoms with Crippen molar-refractivity contribution in [1.82, 2.24) is 9.88 Å². The number of nitrogens with one attached hydrogen (secondary N) is 1. The average molecular weight is 280 g/mol. The molecule has 5 heteroatoms. The van der Waals surface area contributed by atoms with E-state index in [1.54, 1.807) is 0 Å². The maximum absolute atomic E-state index is 12.8. The lowest BCUT2D eigenvalue weighted by Gasteiger charge is -2.21. The summed E-state index contributed by atoms with van der Waals surface area (Å²) in [6.45, 7) is 1.76. The first-order valence-electron chi connectivity index (χ1n) is 6.51. The summed E-state index contributed by atoms with van der Waals surface area (Å²) in [5.41, 5.74) is 2.15. The zero-order valence-electron chi connectivity index (χ0n) is 11.1. The average Bonchev–Trinajstić information content (AvgIpc) is 2.81. The molecule has 0 amide bonds. The van der Waals surface area contributed by atoms with Crippen molar-refractivity contribution in [1.29, 1.82) is 0 Å². The van der Waals surface area contributed by atoms with E-state index >= 15 is 0 Å². The van der Waals surface area contributed by atoms with Crippen LogP contribution in [0, 0.1) is 0 Å². The highest BCUT2D eigenvalue weighted by atomic mass is 19.4. The van der Waals surface area contributed by atoms with Gasteiger partial charge in [0, 0.05) is 35.8 Å². The van der Waals surface area contributed by atoms with E-state index in [0.717, 1.165) is 42.2 Å². The van der Waals surface area contributed by atoms with Gasteiger partial charge in [-0.1, -0.05) is 6.08 Å². The third-order valence-corrected chi connectivity index (χ3v) is 3.77. The van der Waals surface area contributed by atoms with Crippen LogP contribution >= 0.6 is 0 Å². The Morgan fingerprint density at radius 2 is 2.05 bits per heavy atom. The second-order valence-electron chi connectivity index (χ2n) is 5.20. The Morgan fingerprint density at radius 3 is 2.70 bits per heavy atom. The van der Waals surface area contributed by atoms with Gasteiger partial charge >= 0.3 is 6.18 Å². The zero-order chi connectivity index (χ0) is 14.3. The third kappa shape index (κ3) is 2.33. The largest absolute Gasteiger partial charge is 0.416 e. The number of aromatic nitrogens is 1. The van der Waals surface area contributed by atoms with Crippen molar-refractivity contribution >= 4 is 16.5 Å². The van der Waals surface area contributed by atoms with Crippen LogP contribution in [-0.2, 0) is 6.18 Å². The molecule has 1 aliphatic rings. The second kappa shape index (κ2) is 4.66. The number of benzene rings is 1. The van der Waals surface area contributed by atoms with E-state index in [-0.39, 0.29) is 0 Å². The maximum Gasteiger partial charge on any atom is 0.416 e. The molecule has 0 saturated heterocycles. The number of hydrogen-bond acceptors (Lipinski definition) is 1. The SMILES string of the molecule is CN1CC=C(c2c[nH]c3ccc(C(F)(F)F)cc23)CC1. The topological polar surface area (TPSA) is 19.0 Å². The molecule has 2 heterocycles. The van der Waals surface area contributed by atoms with Gasteiger partial charge in [0.2, 0.25) is 0 Å². The molecule has 1 aliphatic heterocycles. The third-order valence-electron chi connectivity index (χ3n) is 3.77. The predicted octanol–water partition coefficient (Wildman–Crippen LogP) is 3.91. The van der Waals surface area contributed by atoms with E-state index in [1.165, 1.54) is 12.1 Å². The highest BCUT2D eigenvalue weighted by Crippen LogP contribution is 2.34. The Hall–Kier alpha value is -1.75. The van der Waals surface area contributed by atoms with Gasteiger partial charge in [0.05, 0.1) is 5.56 Å². The Labute approximate surface area is 114 Å². The summed E-state index contributed by atoms with van der Waals surface area (Å²) in [5, 5.41) is 0.649. The van der Waals surface area contributed by atoms with Crippen LogP contribution in [0.4, 0.5) is 13.2 Å². The Morgan fingerprint density at radius 1 is 1.25 bits per heavy atom. The fourth-order valence-electron chi connectivity index (χ4n) is 2.58. The van der Waals surface area contributed by atoms with Gasteiger partial charge in [-0.2, -0.15) is 13.2 Å². The number of likely N-dealkylation sites (N-methyl/N-ethyl adjacent to an activating group) is 1. The number of rotatable bonds is 1. The quantitative estimate of drug-likeness (QED) is 0.839. The lowest BCUT2D eigenvalue weighted by atomic mass is 9.98. The minimum Gasteiger partial charge on any atom is -0.361 e. The molecule has 0 unspecified atom stereocenters. The summed E-state index contributed by atoms with van der Waals surface area (Å²) in [6.07, 6.45) is 0.456. The van der Waals surface area contributed by atoms with Crippen LogP contribution in [0.3, 0.4) is 0 Å². The molecule has 3 rings (SSSR count). The highest BCUT2D eigenvalue weighted by Gasteiger charge is 2.30. The first kappa shape index (κ1) is 13.2. The second-order valence-corrected chi connectivity index (χ2v) is 5.20. The monoisotopic (exact) mass is 280 g/mol. The van der Waals surface area contributed by atoms with Crippen molar-refractivity contribution in [3.8, 4) is 0 Å². The zero-order valence-corrected chi connectivity index (χ0v) is 11.1. The molecule has 2 aromatic rings. The summed E-state index contributed by atoms with van der Waals surface area (Å²) in [6, 6.07) is 3.85. The van der Waals surface area contributed by atoms with E-state index in [4.69, 9.17) is 0 Å². The molecule has 20 heavy (non-hydrogen) atoms. The molecule has 0 fully saturated rings. The Bertz CT molecular complexity index is 667. The van der Waals surface area contributed by atoms with Crippen LogP contribution < -0.4 is 0 Å². The molecule has 0 atom stereocenters. The smallest absolute Gasteiger partial charge is 0.361 e. The number of hydrogen-bond donors (Lipinski definition) is 1. The minimum absolute atomic E-state index is 0.598. The number of halogens is 3. The number of nitrogens with zero attached hydrogens (tertiary/aromatic N) is 1. The fraction of sp³-hybridized carbons (Fsp3) is 0.333. The molecule has 2 nitrogen and oxygen atoms in total. The van der Waals surface area contributed by atoms with Gasteiger partial charge in [-0.25, -0.2) is 0 Å². The van der Waals surface area contributed by atoms with E-state index in [9.17, 15) is 13.2 Å². The normalized spacial score (nSPS) is 17.5. The first-order chi connectivity index (χ1) is 9.45. The van der Waals surface area contributed by atoms with Crippen LogP contribution in [0.1, 0.15) is 17.5 Å². The highest BCUT2D eigenvalue weighted by molar-refractivity contribution is 5.93. The van der Waals surface area contributed by atoms with E-state index in [2.05, 4.69) is 16.0 Å². The standard InChI is InChI=1S/C15H15F3N2/c1-20-6-4-10(5-7-20)13-9-19-14-3-2-11(8-12(13)14)15(16,17)18/h2-4,8-9,19H,5-7H2,1H3. The van der Waals surface area contributed by atoms with Crippen LogP contribution in [0.25, 0.3) is 16.5 Å². The van der Waals surface area contributed by atoms with Crippen LogP contribution in [0.5, 0.6) is 0 Å². The van der Waals surface area contributed by atoms with E-state index in [0.29, 0.717) is 5.39 Å². The molecule has 1 aromatic carbocycles.